The minimum atomic E-state index is 0.274. The summed E-state index contributed by atoms with van der Waals surface area (Å²) in [5.41, 5.74) is 3.44. The third kappa shape index (κ3) is 2.81. The van der Waals surface area contributed by atoms with E-state index >= 15 is 0 Å². The monoisotopic (exact) mass is 302 g/mol. The van der Waals surface area contributed by atoms with Crippen LogP contribution >= 0.6 is 11.6 Å². The third-order valence-corrected chi connectivity index (χ3v) is 3.88. The van der Waals surface area contributed by atoms with Gasteiger partial charge in [-0.05, 0) is 37.6 Å². The molecule has 0 N–H and O–H groups in total. The van der Waals surface area contributed by atoms with Crippen LogP contribution in [-0.2, 0) is 13.0 Å². The van der Waals surface area contributed by atoms with Crippen LogP contribution in [0.15, 0.2) is 36.7 Å². The Morgan fingerprint density at radius 1 is 1.33 bits per heavy atom. The van der Waals surface area contributed by atoms with Gasteiger partial charge in [0, 0.05) is 24.7 Å². The van der Waals surface area contributed by atoms with Crippen molar-refractivity contribution in [1.82, 2.24) is 19.3 Å². The van der Waals surface area contributed by atoms with Crippen molar-refractivity contribution in [3.05, 3.63) is 48.0 Å². The van der Waals surface area contributed by atoms with Crippen molar-refractivity contribution in [2.45, 2.75) is 32.9 Å². The Bertz CT molecular complexity index is 730. The normalized spacial score (nSPS) is 12.9. The van der Waals surface area contributed by atoms with Gasteiger partial charge in [-0.1, -0.05) is 6.07 Å². The van der Waals surface area contributed by atoms with Gasteiger partial charge in [0.05, 0.1) is 23.6 Å². The van der Waals surface area contributed by atoms with E-state index in [4.69, 9.17) is 16.6 Å². The largest absolute Gasteiger partial charge is 0.323 e. The SMILES string of the molecule is Cc1ccc2c(c1)nc(CCCl)n2C(C)Cn1cccn1. The molecule has 0 aliphatic rings. The molecule has 0 bridgehead atoms. The number of aryl methyl sites for hydroxylation is 2. The van der Waals surface area contributed by atoms with Crippen LogP contribution in [0.4, 0.5) is 0 Å². The van der Waals surface area contributed by atoms with Gasteiger partial charge in [-0.25, -0.2) is 4.98 Å². The molecule has 0 aliphatic carbocycles. The first kappa shape index (κ1) is 14.1. The zero-order chi connectivity index (χ0) is 14.8. The number of fused-ring (bicyclic) bond motifs is 1. The molecule has 110 valence electrons. The van der Waals surface area contributed by atoms with Crippen LogP contribution in [-0.4, -0.2) is 25.2 Å². The maximum absolute atomic E-state index is 5.94. The van der Waals surface area contributed by atoms with Gasteiger partial charge in [-0.3, -0.25) is 4.68 Å². The number of benzene rings is 1. The maximum atomic E-state index is 5.94. The number of imidazole rings is 1. The highest BCUT2D eigenvalue weighted by molar-refractivity contribution is 6.17. The lowest BCUT2D eigenvalue weighted by molar-refractivity contribution is 0.435. The number of hydrogen-bond donors (Lipinski definition) is 0. The average molecular weight is 303 g/mol. The molecule has 0 saturated heterocycles. The van der Waals surface area contributed by atoms with Crippen molar-refractivity contribution in [2.75, 3.05) is 5.88 Å². The van der Waals surface area contributed by atoms with E-state index in [9.17, 15) is 0 Å². The van der Waals surface area contributed by atoms with Gasteiger partial charge in [0.1, 0.15) is 5.82 Å². The Balaban J connectivity index is 2.03. The van der Waals surface area contributed by atoms with E-state index in [1.165, 1.54) is 11.1 Å². The minimum absolute atomic E-state index is 0.274. The summed E-state index contributed by atoms with van der Waals surface area (Å²) in [7, 11) is 0. The number of alkyl halides is 1. The molecule has 1 aromatic carbocycles. The number of hydrogen-bond acceptors (Lipinski definition) is 2. The van der Waals surface area contributed by atoms with Gasteiger partial charge in [0.2, 0.25) is 0 Å². The number of aromatic nitrogens is 4. The lowest BCUT2D eigenvalue weighted by atomic mass is 10.2. The molecule has 5 heteroatoms. The second-order valence-corrected chi connectivity index (χ2v) is 5.78. The molecule has 1 unspecified atom stereocenters. The topological polar surface area (TPSA) is 35.6 Å². The highest BCUT2D eigenvalue weighted by atomic mass is 35.5. The van der Waals surface area contributed by atoms with Crippen molar-refractivity contribution in [2.24, 2.45) is 0 Å². The van der Waals surface area contributed by atoms with Crippen molar-refractivity contribution >= 4 is 22.6 Å². The summed E-state index contributed by atoms with van der Waals surface area (Å²) >= 11 is 5.94. The lowest BCUT2D eigenvalue weighted by Crippen LogP contribution is -2.16. The second kappa shape index (κ2) is 5.90. The Morgan fingerprint density at radius 3 is 2.90 bits per heavy atom. The Kier molecular flexibility index (Phi) is 3.97. The highest BCUT2D eigenvalue weighted by Gasteiger charge is 2.16. The van der Waals surface area contributed by atoms with Crippen LogP contribution in [0.5, 0.6) is 0 Å². The molecule has 0 spiro atoms. The molecule has 4 nitrogen and oxygen atoms in total. The molecule has 1 atom stereocenters. The number of halogens is 1. The lowest BCUT2D eigenvalue weighted by Gasteiger charge is -2.17. The van der Waals surface area contributed by atoms with E-state index in [1.807, 2.05) is 23.1 Å². The second-order valence-electron chi connectivity index (χ2n) is 5.41. The summed E-state index contributed by atoms with van der Waals surface area (Å²) in [5, 5.41) is 4.29. The molecule has 3 rings (SSSR count). The number of rotatable bonds is 5. The van der Waals surface area contributed by atoms with Crippen LogP contribution in [0.2, 0.25) is 0 Å². The van der Waals surface area contributed by atoms with E-state index in [0.717, 1.165) is 24.3 Å². The molecule has 0 saturated carbocycles. The summed E-state index contributed by atoms with van der Waals surface area (Å²) < 4.78 is 4.24. The van der Waals surface area contributed by atoms with Gasteiger partial charge in [0.25, 0.3) is 0 Å². The highest BCUT2D eigenvalue weighted by Crippen LogP contribution is 2.23. The zero-order valence-electron chi connectivity index (χ0n) is 12.3. The molecule has 0 radical (unpaired) electrons. The first-order valence-corrected chi connectivity index (χ1v) is 7.73. The summed E-state index contributed by atoms with van der Waals surface area (Å²) in [5.74, 6) is 1.63. The maximum Gasteiger partial charge on any atom is 0.111 e. The van der Waals surface area contributed by atoms with Crippen LogP contribution in [0, 0.1) is 6.92 Å². The summed E-state index contributed by atoms with van der Waals surface area (Å²) in [6.07, 6.45) is 4.57. The Labute approximate surface area is 129 Å². The van der Waals surface area contributed by atoms with E-state index in [1.54, 1.807) is 0 Å². The van der Waals surface area contributed by atoms with Gasteiger partial charge < -0.3 is 4.57 Å². The Morgan fingerprint density at radius 2 is 2.19 bits per heavy atom. The molecular weight excluding hydrogens is 284 g/mol. The van der Waals surface area contributed by atoms with Crippen LogP contribution in [0.1, 0.15) is 24.4 Å². The van der Waals surface area contributed by atoms with Gasteiger partial charge in [0.15, 0.2) is 0 Å². The molecule has 0 fully saturated rings. The standard InChI is InChI=1S/C16H19ClN4/c1-12-4-5-15-14(10-12)19-16(6-7-17)21(15)13(2)11-20-9-3-8-18-20/h3-5,8-10,13H,6-7,11H2,1-2H3. The third-order valence-electron chi connectivity index (χ3n) is 3.69. The molecule has 0 aliphatic heterocycles. The predicted molar refractivity (Wildman–Crippen MR) is 85.8 cm³/mol. The molecule has 2 aromatic heterocycles. The fourth-order valence-corrected chi connectivity index (χ4v) is 2.94. The first-order chi connectivity index (χ1) is 10.2. The molecule has 3 aromatic rings. The first-order valence-electron chi connectivity index (χ1n) is 7.20. The van der Waals surface area contributed by atoms with Gasteiger partial charge in [-0.2, -0.15) is 5.10 Å². The van der Waals surface area contributed by atoms with E-state index in [0.29, 0.717) is 5.88 Å². The predicted octanol–water partition coefficient (Wildman–Crippen LogP) is 3.58. The van der Waals surface area contributed by atoms with E-state index in [-0.39, 0.29) is 6.04 Å². The Hall–Kier alpha value is -1.81. The van der Waals surface area contributed by atoms with Gasteiger partial charge in [-0.15, -0.1) is 11.6 Å². The molecule has 21 heavy (non-hydrogen) atoms. The fourth-order valence-electron chi connectivity index (χ4n) is 2.77. The van der Waals surface area contributed by atoms with E-state index in [2.05, 4.69) is 41.7 Å². The quantitative estimate of drug-likeness (QED) is 0.675. The number of nitrogens with zero attached hydrogens (tertiary/aromatic N) is 4. The van der Waals surface area contributed by atoms with Crippen LogP contribution in [0.3, 0.4) is 0 Å². The zero-order valence-corrected chi connectivity index (χ0v) is 13.1. The molecule has 0 amide bonds. The summed E-state index contributed by atoms with van der Waals surface area (Å²) in [4.78, 5) is 4.76. The van der Waals surface area contributed by atoms with Crippen molar-refractivity contribution in [3.8, 4) is 0 Å². The smallest absolute Gasteiger partial charge is 0.111 e. The average Bonchev–Trinajstić information content (AvgIpc) is 3.05. The van der Waals surface area contributed by atoms with Gasteiger partial charge >= 0.3 is 0 Å². The van der Waals surface area contributed by atoms with Crippen LogP contribution < -0.4 is 0 Å². The van der Waals surface area contributed by atoms with Crippen LogP contribution in [0.25, 0.3) is 11.0 Å². The minimum Gasteiger partial charge on any atom is -0.323 e. The van der Waals surface area contributed by atoms with E-state index < -0.39 is 0 Å². The summed E-state index contributed by atoms with van der Waals surface area (Å²) in [6, 6.07) is 8.63. The van der Waals surface area contributed by atoms with Crippen molar-refractivity contribution in [3.63, 3.8) is 0 Å². The molecular formula is C16H19ClN4. The van der Waals surface area contributed by atoms with Crippen molar-refractivity contribution in [1.29, 1.82) is 0 Å². The van der Waals surface area contributed by atoms with Crippen molar-refractivity contribution < 1.29 is 0 Å². The summed E-state index contributed by atoms with van der Waals surface area (Å²) in [6.45, 7) is 5.11. The molecule has 2 heterocycles. The fraction of sp³-hybridized carbons (Fsp3) is 0.375.